The highest BCUT2D eigenvalue weighted by atomic mass is 19.1. The molecule has 3 aromatic rings. The molecule has 0 bridgehead atoms. The second-order valence-corrected chi connectivity index (χ2v) is 9.67. The Bertz CT molecular complexity index is 1260. The molecule has 1 amide bonds. The van der Waals surface area contributed by atoms with Gasteiger partial charge in [-0.05, 0) is 79.3 Å². The van der Waals surface area contributed by atoms with Gasteiger partial charge in [0.15, 0.2) is 11.6 Å². The Morgan fingerprint density at radius 3 is 2.51 bits per heavy atom. The number of aliphatic hydroxyl groups is 1. The monoisotopic (exact) mass is 510 g/mol. The first-order chi connectivity index (χ1) is 17.7. The van der Waals surface area contributed by atoms with Crippen molar-refractivity contribution in [3.63, 3.8) is 0 Å². The summed E-state index contributed by atoms with van der Waals surface area (Å²) < 4.78 is 39.4. The molecule has 4 rings (SSSR count). The molecule has 196 valence electrons. The van der Waals surface area contributed by atoms with Crippen LogP contribution in [0.1, 0.15) is 54.1 Å². The van der Waals surface area contributed by atoms with Crippen molar-refractivity contribution in [1.82, 2.24) is 5.32 Å². The van der Waals surface area contributed by atoms with Crippen LogP contribution < -0.4 is 20.1 Å². The minimum Gasteiger partial charge on any atom is -0.488 e. The summed E-state index contributed by atoms with van der Waals surface area (Å²) in [6.07, 6.45) is 1.35. The van der Waals surface area contributed by atoms with Gasteiger partial charge in [0.1, 0.15) is 30.0 Å². The van der Waals surface area contributed by atoms with Crippen molar-refractivity contribution < 1.29 is 28.2 Å². The molecule has 0 radical (unpaired) electrons. The summed E-state index contributed by atoms with van der Waals surface area (Å²) in [7, 11) is 0. The van der Waals surface area contributed by atoms with E-state index in [1.807, 2.05) is 26.0 Å². The Kier molecular flexibility index (Phi) is 8.41. The maximum atomic E-state index is 14.3. The molecule has 1 saturated carbocycles. The maximum absolute atomic E-state index is 14.3. The predicted molar refractivity (Wildman–Crippen MR) is 139 cm³/mol. The summed E-state index contributed by atoms with van der Waals surface area (Å²) in [5.41, 5.74) is 2.30. The zero-order valence-electron chi connectivity index (χ0n) is 21.2. The zero-order chi connectivity index (χ0) is 26.5. The van der Waals surface area contributed by atoms with Crippen LogP contribution >= 0.6 is 0 Å². The Morgan fingerprint density at radius 2 is 1.81 bits per heavy atom. The van der Waals surface area contributed by atoms with E-state index in [0.717, 1.165) is 18.4 Å². The van der Waals surface area contributed by atoms with E-state index in [9.17, 15) is 18.7 Å². The summed E-state index contributed by atoms with van der Waals surface area (Å²) in [6, 6.07) is 13.9. The Labute approximate surface area is 215 Å². The summed E-state index contributed by atoms with van der Waals surface area (Å²) in [5, 5.41) is 15.9. The van der Waals surface area contributed by atoms with Crippen molar-refractivity contribution >= 4 is 11.6 Å². The first kappa shape index (κ1) is 26.6. The van der Waals surface area contributed by atoms with Gasteiger partial charge < -0.3 is 25.2 Å². The van der Waals surface area contributed by atoms with E-state index in [1.165, 1.54) is 36.4 Å². The highest BCUT2D eigenvalue weighted by Crippen LogP contribution is 2.42. The van der Waals surface area contributed by atoms with Gasteiger partial charge in [-0.2, -0.15) is 0 Å². The number of hydrogen-bond donors (Lipinski definition) is 3. The van der Waals surface area contributed by atoms with Crippen LogP contribution in [0.2, 0.25) is 0 Å². The maximum Gasteiger partial charge on any atom is 0.259 e. The number of rotatable bonds is 11. The highest BCUT2D eigenvalue weighted by Gasteiger charge is 2.26. The van der Waals surface area contributed by atoms with E-state index in [1.54, 1.807) is 13.0 Å². The lowest BCUT2D eigenvalue weighted by Gasteiger charge is -2.16. The summed E-state index contributed by atoms with van der Waals surface area (Å²) in [5.74, 6) is -0.252. The van der Waals surface area contributed by atoms with Gasteiger partial charge in [0, 0.05) is 24.3 Å². The summed E-state index contributed by atoms with van der Waals surface area (Å²) in [4.78, 5) is 13.2. The molecule has 1 fully saturated rings. The number of ether oxygens (including phenoxy) is 2. The lowest BCUT2D eigenvalue weighted by molar-refractivity contribution is 0.101. The molecule has 3 N–H and O–H groups in total. The molecule has 0 aromatic heterocycles. The van der Waals surface area contributed by atoms with Crippen molar-refractivity contribution in [3.05, 3.63) is 82.9 Å². The Morgan fingerprint density at radius 1 is 1.03 bits per heavy atom. The molecule has 0 spiro atoms. The second-order valence-electron chi connectivity index (χ2n) is 9.67. The van der Waals surface area contributed by atoms with Gasteiger partial charge in [-0.15, -0.1) is 0 Å². The van der Waals surface area contributed by atoms with E-state index in [2.05, 4.69) is 10.6 Å². The van der Waals surface area contributed by atoms with Gasteiger partial charge >= 0.3 is 0 Å². The van der Waals surface area contributed by atoms with E-state index in [0.29, 0.717) is 35.2 Å². The number of anilines is 1. The predicted octanol–water partition coefficient (Wildman–Crippen LogP) is 5.93. The third kappa shape index (κ3) is 7.27. The zero-order valence-corrected chi connectivity index (χ0v) is 21.2. The van der Waals surface area contributed by atoms with Crippen LogP contribution in [-0.2, 0) is 0 Å². The van der Waals surface area contributed by atoms with Gasteiger partial charge in [-0.1, -0.05) is 19.9 Å². The lowest BCUT2D eigenvalue weighted by Crippen LogP contribution is -2.35. The molecule has 1 aliphatic carbocycles. The molecule has 1 aliphatic rings. The highest BCUT2D eigenvalue weighted by molar-refractivity contribution is 6.06. The summed E-state index contributed by atoms with van der Waals surface area (Å²) >= 11 is 0. The van der Waals surface area contributed by atoms with Gasteiger partial charge in [-0.25, -0.2) is 8.78 Å². The average Bonchev–Trinajstić information content (AvgIpc) is 3.70. The standard InChI is InChI=1S/C29H32F2N2O4/c1-17(2)32-15-23(34)16-36-28-14-22(8-10-25(28)31)33-29(35)24-9-6-20(19-4-5-19)13-27(24)37-26-11-7-21(30)12-18(26)3/h6-14,17,19,23,32,34H,4-5,15-16H2,1-3H3,(H,33,35). The molecule has 0 heterocycles. The third-order valence-corrected chi connectivity index (χ3v) is 6.04. The third-order valence-electron chi connectivity index (χ3n) is 6.04. The van der Waals surface area contributed by atoms with E-state index >= 15 is 0 Å². The number of aryl methyl sites for hydroxylation is 1. The van der Waals surface area contributed by atoms with Crippen molar-refractivity contribution in [1.29, 1.82) is 0 Å². The number of amides is 1. The number of halogens is 2. The normalized spacial score (nSPS) is 13.9. The lowest BCUT2D eigenvalue weighted by atomic mass is 10.1. The van der Waals surface area contributed by atoms with Crippen LogP contribution in [0.25, 0.3) is 0 Å². The van der Waals surface area contributed by atoms with Crippen LogP contribution in [0, 0.1) is 18.6 Å². The molecule has 1 atom stereocenters. The number of carbonyl (C=O) groups is 1. The fourth-order valence-corrected chi connectivity index (χ4v) is 3.83. The minimum atomic E-state index is -0.820. The molecular formula is C29H32F2N2O4. The molecule has 0 saturated heterocycles. The van der Waals surface area contributed by atoms with Crippen LogP contribution in [-0.4, -0.2) is 36.3 Å². The van der Waals surface area contributed by atoms with Crippen LogP contribution in [0.3, 0.4) is 0 Å². The molecule has 37 heavy (non-hydrogen) atoms. The summed E-state index contributed by atoms with van der Waals surface area (Å²) in [6.45, 7) is 5.85. The van der Waals surface area contributed by atoms with Gasteiger partial charge in [0.25, 0.3) is 5.91 Å². The van der Waals surface area contributed by atoms with Crippen molar-refractivity contribution in [2.75, 3.05) is 18.5 Å². The van der Waals surface area contributed by atoms with Crippen LogP contribution in [0.5, 0.6) is 17.2 Å². The minimum absolute atomic E-state index is 0.0797. The van der Waals surface area contributed by atoms with Gasteiger partial charge in [0.2, 0.25) is 0 Å². The SMILES string of the molecule is Cc1cc(F)ccc1Oc1cc(C2CC2)ccc1C(=O)Nc1ccc(F)c(OCC(O)CNC(C)C)c1. The number of nitrogens with one attached hydrogen (secondary N) is 2. The van der Waals surface area contributed by atoms with E-state index < -0.39 is 17.8 Å². The van der Waals surface area contributed by atoms with E-state index in [4.69, 9.17) is 9.47 Å². The molecule has 6 nitrogen and oxygen atoms in total. The second kappa shape index (κ2) is 11.7. The average molecular weight is 511 g/mol. The quantitative estimate of drug-likeness (QED) is 0.298. The molecule has 8 heteroatoms. The van der Waals surface area contributed by atoms with Crippen molar-refractivity contribution in [2.45, 2.75) is 51.7 Å². The number of benzene rings is 3. The molecule has 1 unspecified atom stereocenters. The number of carbonyl (C=O) groups excluding carboxylic acids is 1. The van der Waals surface area contributed by atoms with Crippen LogP contribution in [0.4, 0.5) is 14.5 Å². The fourth-order valence-electron chi connectivity index (χ4n) is 3.83. The van der Waals surface area contributed by atoms with Crippen LogP contribution in [0.15, 0.2) is 54.6 Å². The first-order valence-electron chi connectivity index (χ1n) is 12.4. The largest absolute Gasteiger partial charge is 0.488 e. The first-order valence-corrected chi connectivity index (χ1v) is 12.4. The van der Waals surface area contributed by atoms with E-state index in [-0.39, 0.29) is 29.8 Å². The molecule has 3 aromatic carbocycles. The Hall–Kier alpha value is -3.49. The molecule has 0 aliphatic heterocycles. The smallest absolute Gasteiger partial charge is 0.259 e. The topological polar surface area (TPSA) is 79.8 Å². The molecular weight excluding hydrogens is 478 g/mol. The Balaban J connectivity index is 1.51. The van der Waals surface area contributed by atoms with Crippen molar-refractivity contribution in [2.24, 2.45) is 0 Å². The number of aliphatic hydroxyl groups excluding tert-OH is 1. The fraction of sp³-hybridized carbons (Fsp3) is 0.345. The number of hydrogen-bond acceptors (Lipinski definition) is 5. The van der Waals surface area contributed by atoms with Crippen molar-refractivity contribution in [3.8, 4) is 17.2 Å². The van der Waals surface area contributed by atoms with Gasteiger partial charge in [0.05, 0.1) is 5.56 Å². The van der Waals surface area contributed by atoms with Gasteiger partial charge in [-0.3, -0.25) is 4.79 Å².